The molecule has 0 radical (unpaired) electrons. The summed E-state index contributed by atoms with van der Waals surface area (Å²) in [6.07, 6.45) is 9.21. The first-order valence-corrected chi connectivity index (χ1v) is 7.89. The molecule has 0 saturated carbocycles. The SMILES string of the molecule is CCCNC(CCC)CCCc1ccc(Br)cn1. The second kappa shape index (κ2) is 9.51. The summed E-state index contributed by atoms with van der Waals surface area (Å²) in [5.74, 6) is 0. The molecule has 1 atom stereocenters. The van der Waals surface area contributed by atoms with Crippen LogP contribution in [0.4, 0.5) is 0 Å². The van der Waals surface area contributed by atoms with Gasteiger partial charge in [-0.15, -0.1) is 0 Å². The van der Waals surface area contributed by atoms with E-state index in [9.17, 15) is 0 Å². The van der Waals surface area contributed by atoms with E-state index in [1.165, 1.54) is 37.8 Å². The van der Waals surface area contributed by atoms with Crippen molar-refractivity contribution in [3.8, 4) is 0 Å². The van der Waals surface area contributed by atoms with Crippen LogP contribution in [0.2, 0.25) is 0 Å². The first-order valence-electron chi connectivity index (χ1n) is 7.10. The molecular weight excluding hydrogens is 288 g/mol. The Morgan fingerprint density at radius 1 is 1.22 bits per heavy atom. The Morgan fingerprint density at radius 2 is 2.06 bits per heavy atom. The number of halogens is 1. The number of nitrogens with zero attached hydrogens (tertiary/aromatic N) is 1. The highest BCUT2D eigenvalue weighted by Gasteiger charge is 2.06. The molecule has 1 rings (SSSR count). The number of aromatic nitrogens is 1. The van der Waals surface area contributed by atoms with Gasteiger partial charge in [0.2, 0.25) is 0 Å². The van der Waals surface area contributed by atoms with E-state index in [4.69, 9.17) is 0 Å². The fourth-order valence-corrected chi connectivity index (χ4v) is 2.36. The zero-order chi connectivity index (χ0) is 13.2. The fraction of sp³-hybridized carbons (Fsp3) is 0.667. The van der Waals surface area contributed by atoms with Gasteiger partial charge in [-0.2, -0.15) is 0 Å². The lowest BCUT2D eigenvalue weighted by atomic mass is 10.0. The van der Waals surface area contributed by atoms with Crippen LogP contribution in [-0.4, -0.2) is 17.6 Å². The summed E-state index contributed by atoms with van der Waals surface area (Å²) in [6.45, 7) is 5.62. The predicted molar refractivity (Wildman–Crippen MR) is 81.9 cm³/mol. The van der Waals surface area contributed by atoms with Gasteiger partial charge >= 0.3 is 0 Å². The van der Waals surface area contributed by atoms with E-state index >= 15 is 0 Å². The number of hydrogen-bond donors (Lipinski definition) is 1. The van der Waals surface area contributed by atoms with Crippen molar-refractivity contribution in [2.45, 2.75) is 58.4 Å². The van der Waals surface area contributed by atoms with E-state index < -0.39 is 0 Å². The lowest BCUT2D eigenvalue weighted by Gasteiger charge is -2.17. The molecular formula is C15H25BrN2. The minimum absolute atomic E-state index is 0.686. The summed E-state index contributed by atoms with van der Waals surface area (Å²) in [6, 6.07) is 4.87. The van der Waals surface area contributed by atoms with E-state index in [1.54, 1.807) is 0 Å². The highest BCUT2D eigenvalue weighted by atomic mass is 79.9. The van der Waals surface area contributed by atoms with Crippen LogP contribution in [0.25, 0.3) is 0 Å². The van der Waals surface area contributed by atoms with E-state index in [0.717, 1.165) is 17.4 Å². The number of nitrogens with one attached hydrogen (secondary N) is 1. The van der Waals surface area contributed by atoms with Gasteiger partial charge in [0, 0.05) is 22.4 Å². The first-order chi connectivity index (χ1) is 8.76. The minimum atomic E-state index is 0.686. The van der Waals surface area contributed by atoms with Gasteiger partial charge in [0.15, 0.2) is 0 Å². The molecule has 1 aromatic rings. The van der Waals surface area contributed by atoms with Crippen molar-refractivity contribution in [3.05, 3.63) is 28.5 Å². The third kappa shape index (κ3) is 6.50. The summed E-state index contributed by atoms with van der Waals surface area (Å²) in [5.41, 5.74) is 1.20. The topological polar surface area (TPSA) is 24.9 Å². The molecule has 1 aromatic heterocycles. The van der Waals surface area contributed by atoms with Gasteiger partial charge in [0.1, 0.15) is 0 Å². The standard InChI is InChI=1S/C15H25BrN2/c1-3-6-14(17-11-4-2)7-5-8-15-10-9-13(16)12-18-15/h9-10,12,14,17H,3-8,11H2,1-2H3. The number of rotatable bonds is 9. The Kier molecular flexibility index (Phi) is 8.27. The number of pyridine rings is 1. The quantitative estimate of drug-likeness (QED) is 0.734. The average Bonchev–Trinajstić information content (AvgIpc) is 2.38. The average molecular weight is 313 g/mol. The zero-order valence-electron chi connectivity index (χ0n) is 11.6. The third-order valence-electron chi connectivity index (χ3n) is 3.09. The fourth-order valence-electron chi connectivity index (χ4n) is 2.13. The van der Waals surface area contributed by atoms with E-state index in [2.05, 4.69) is 52.2 Å². The summed E-state index contributed by atoms with van der Waals surface area (Å²) >= 11 is 3.41. The summed E-state index contributed by atoms with van der Waals surface area (Å²) < 4.78 is 1.06. The maximum absolute atomic E-state index is 4.42. The molecule has 0 aliphatic heterocycles. The second-order valence-corrected chi connectivity index (χ2v) is 5.72. The second-order valence-electron chi connectivity index (χ2n) is 4.80. The van der Waals surface area contributed by atoms with Gasteiger partial charge in [0.05, 0.1) is 0 Å². The lowest BCUT2D eigenvalue weighted by molar-refractivity contribution is 0.437. The van der Waals surface area contributed by atoms with Crippen LogP contribution in [0.3, 0.4) is 0 Å². The molecule has 1 unspecified atom stereocenters. The number of aryl methyl sites for hydroxylation is 1. The van der Waals surface area contributed by atoms with Gasteiger partial charge in [-0.25, -0.2) is 0 Å². The maximum atomic E-state index is 4.42. The molecule has 0 spiro atoms. The van der Waals surface area contributed by atoms with Crippen molar-refractivity contribution >= 4 is 15.9 Å². The van der Waals surface area contributed by atoms with Crippen molar-refractivity contribution in [2.24, 2.45) is 0 Å². The van der Waals surface area contributed by atoms with Gasteiger partial charge in [-0.3, -0.25) is 4.98 Å². The van der Waals surface area contributed by atoms with Crippen LogP contribution in [0.5, 0.6) is 0 Å². The third-order valence-corrected chi connectivity index (χ3v) is 3.56. The molecule has 0 fully saturated rings. The molecule has 3 heteroatoms. The highest BCUT2D eigenvalue weighted by Crippen LogP contribution is 2.11. The molecule has 0 aromatic carbocycles. The molecule has 102 valence electrons. The molecule has 1 heterocycles. The smallest absolute Gasteiger partial charge is 0.0413 e. The number of hydrogen-bond acceptors (Lipinski definition) is 2. The molecule has 2 nitrogen and oxygen atoms in total. The van der Waals surface area contributed by atoms with Crippen LogP contribution in [-0.2, 0) is 6.42 Å². The van der Waals surface area contributed by atoms with Crippen molar-refractivity contribution in [3.63, 3.8) is 0 Å². The Hall–Kier alpha value is -0.410. The van der Waals surface area contributed by atoms with Crippen LogP contribution in [0.15, 0.2) is 22.8 Å². The highest BCUT2D eigenvalue weighted by molar-refractivity contribution is 9.10. The van der Waals surface area contributed by atoms with Gasteiger partial charge in [0.25, 0.3) is 0 Å². The van der Waals surface area contributed by atoms with Crippen molar-refractivity contribution in [1.29, 1.82) is 0 Å². The lowest BCUT2D eigenvalue weighted by Crippen LogP contribution is -2.29. The Balaban J connectivity index is 2.26. The molecule has 0 amide bonds. The van der Waals surface area contributed by atoms with Gasteiger partial charge < -0.3 is 5.32 Å². The van der Waals surface area contributed by atoms with Crippen LogP contribution >= 0.6 is 15.9 Å². The van der Waals surface area contributed by atoms with Crippen molar-refractivity contribution in [1.82, 2.24) is 10.3 Å². The van der Waals surface area contributed by atoms with E-state index in [1.807, 2.05) is 6.20 Å². The van der Waals surface area contributed by atoms with E-state index in [-0.39, 0.29) is 0 Å². The zero-order valence-corrected chi connectivity index (χ0v) is 13.2. The van der Waals surface area contributed by atoms with Crippen LogP contribution < -0.4 is 5.32 Å². The first kappa shape index (κ1) is 15.6. The summed E-state index contributed by atoms with van der Waals surface area (Å²) in [7, 11) is 0. The molecule has 1 N–H and O–H groups in total. The van der Waals surface area contributed by atoms with Gasteiger partial charge in [-0.1, -0.05) is 20.3 Å². The van der Waals surface area contributed by atoms with Crippen LogP contribution in [0, 0.1) is 0 Å². The molecule has 0 bridgehead atoms. The maximum Gasteiger partial charge on any atom is 0.0413 e. The molecule has 0 aliphatic rings. The predicted octanol–water partition coefficient (Wildman–Crippen LogP) is 4.34. The van der Waals surface area contributed by atoms with Crippen molar-refractivity contribution < 1.29 is 0 Å². The summed E-state index contributed by atoms with van der Waals surface area (Å²) in [4.78, 5) is 4.42. The monoisotopic (exact) mass is 312 g/mol. The Morgan fingerprint density at radius 3 is 2.67 bits per heavy atom. The van der Waals surface area contributed by atoms with Crippen molar-refractivity contribution in [2.75, 3.05) is 6.54 Å². The molecule has 0 aliphatic carbocycles. The largest absolute Gasteiger partial charge is 0.314 e. The Labute approximate surface area is 120 Å². The summed E-state index contributed by atoms with van der Waals surface area (Å²) in [5, 5.41) is 3.64. The Bertz CT molecular complexity index is 311. The normalized spacial score (nSPS) is 12.6. The minimum Gasteiger partial charge on any atom is -0.314 e. The molecule has 0 saturated heterocycles. The van der Waals surface area contributed by atoms with E-state index in [0.29, 0.717) is 6.04 Å². The molecule has 18 heavy (non-hydrogen) atoms. The van der Waals surface area contributed by atoms with Crippen LogP contribution in [0.1, 0.15) is 51.6 Å². The van der Waals surface area contributed by atoms with Gasteiger partial charge in [-0.05, 0) is 66.7 Å².